The van der Waals surface area contributed by atoms with Crippen molar-refractivity contribution in [3.05, 3.63) is 29.8 Å². The summed E-state index contributed by atoms with van der Waals surface area (Å²) in [5.41, 5.74) is 1.50. The van der Waals surface area contributed by atoms with Gasteiger partial charge in [-0.3, -0.25) is 4.90 Å². The summed E-state index contributed by atoms with van der Waals surface area (Å²) in [4.78, 5) is 15.7. The minimum Gasteiger partial charge on any atom is -0.478 e. The Morgan fingerprint density at radius 2 is 1.72 bits per heavy atom. The van der Waals surface area contributed by atoms with Crippen LogP contribution in [0.1, 0.15) is 23.2 Å². The lowest BCUT2D eigenvalue weighted by Crippen LogP contribution is -2.52. The average molecular weight is 246 g/mol. The van der Waals surface area contributed by atoms with Gasteiger partial charge in [0.15, 0.2) is 0 Å². The van der Waals surface area contributed by atoms with Crippen LogP contribution in [-0.2, 0) is 0 Å². The Labute approximate surface area is 107 Å². The van der Waals surface area contributed by atoms with Crippen LogP contribution in [0.3, 0.4) is 0 Å². The Morgan fingerprint density at radius 3 is 2.22 bits per heavy atom. The van der Waals surface area contributed by atoms with E-state index in [-0.39, 0.29) is 0 Å². The molecule has 4 nitrogen and oxygen atoms in total. The molecule has 0 aromatic heterocycles. The van der Waals surface area contributed by atoms with E-state index in [1.54, 1.807) is 12.1 Å². The molecule has 1 aromatic carbocycles. The molecule has 2 aliphatic rings. The van der Waals surface area contributed by atoms with E-state index in [9.17, 15) is 4.79 Å². The molecule has 3 rings (SSSR count). The average Bonchev–Trinajstić information content (AvgIpc) is 2.62. The maximum Gasteiger partial charge on any atom is 0.335 e. The summed E-state index contributed by atoms with van der Waals surface area (Å²) in [6.07, 6.45) is 2.57. The number of piperazine rings is 1. The van der Waals surface area contributed by atoms with Gasteiger partial charge in [0.25, 0.3) is 0 Å². The van der Waals surface area contributed by atoms with Crippen LogP contribution in [0.2, 0.25) is 0 Å². The van der Waals surface area contributed by atoms with Gasteiger partial charge in [-0.15, -0.1) is 0 Å². The summed E-state index contributed by atoms with van der Waals surface area (Å²) >= 11 is 0. The third-order valence-electron chi connectivity index (χ3n) is 4.33. The fraction of sp³-hybridized carbons (Fsp3) is 0.500. The lowest BCUT2D eigenvalue weighted by molar-refractivity contribution is 0.0697. The highest BCUT2D eigenvalue weighted by Crippen LogP contribution is 2.31. The van der Waals surface area contributed by atoms with Crippen molar-refractivity contribution < 1.29 is 9.90 Å². The van der Waals surface area contributed by atoms with Crippen molar-refractivity contribution in [3.8, 4) is 0 Å². The molecule has 0 amide bonds. The molecule has 0 spiro atoms. The van der Waals surface area contributed by atoms with Gasteiger partial charge in [0, 0.05) is 30.9 Å². The van der Waals surface area contributed by atoms with Crippen LogP contribution in [-0.4, -0.2) is 48.2 Å². The number of carboxylic acid groups (broad SMARTS) is 1. The summed E-state index contributed by atoms with van der Waals surface area (Å²) in [6.45, 7) is 2.11. The number of nitrogens with zero attached hydrogens (tertiary/aromatic N) is 2. The van der Waals surface area contributed by atoms with Gasteiger partial charge < -0.3 is 10.0 Å². The minimum atomic E-state index is -0.861. The molecule has 0 aliphatic carbocycles. The Hall–Kier alpha value is -1.55. The molecule has 4 heteroatoms. The van der Waals surface area contributed by atoms with Crippen molar-refractivity contribution in [2.45, 2.75) is 24.9 Å². The number of carbonyl (C=O) groups is 1. The number of anilines is 1. The molecule has 2 unspecified atom stereocenters. The zero-order valence-corrected chi connectivity index (χ0v) is 10.5. The molecule has 2 saturated heterocycles. The van der Waals surface area contributed by atoms with Crippen LogP contribution in [0.15, 0.2) is 24.3 Å². The maximum absolute atomic E-state index is 10.8. The first-order valence-corrected chi connectivity index (χ1v) is 6.45. The van der Waals surface area contributed by atoms with E-state index in [0.717, 1.165) is 18.8 Å². The zero-order chi connectivity index (χ0) is 12.7. The van der Waals surface area contributed by atoms with Gasteiger partial charge in [-0.25, -0.2) is 4.79 Å². The van der Waals surface area contributed by atoms with Crippen molar-refractivity contribution in [2.75, 3.05) is 25.0 Å². The summed E-state index contributed by atoms with van der Waals surface area (Å²) in [6, 6.07) is 8.55. The maximum atomic E-state index is 10.8. The molecule has 2 fully saturated rings. The van der Waals surface area contributed by atoms with E-state index in [2.05, 4.69) is 16.8 Å². The summed E-state index contributed by atoms with van der Waals surface area (Å²) in [5.74, 6) is -0.861. The van der Waals surface area contributed by atoms with Crippen LogP contribution < -0.4 is 4.90 Å². The molecule has 1 N–H and O–H groups in total. The van der Waals surface area contributed by atoms with Gasteiger partial charge in [0.2, 0.25) is 0 Å². The quantitative estimate of drug-likeness (QED) is 0.862. The fourth-order valence-electron chi connectivity index (χ4n) is 3.14. The molecular formula is C14H18N2O2. The van der Waals surface area contributed by atoms with Crippen molar-refractivity contribution in [2.24, 2.45) is 0 Å². The SMILES string of the molecule is CN1C2CCC1CN(c1ccc(C(=O)O)cc1)C2. The zero-order valence-electron chi connectivity index (χ0n) is 10.5. The van der Waals surface area contributed by atoms with Gasteiger partial charge in [0.05, 0.1) is 5.56 Å². The number of likely N-dealkylation sites (N-methyl/N-ethyl adjacent to an activating group) is 1. The number of hydrogen-bond donors (Lipinski definition) is 1. The third kappa shape index (κ3) is 1.86. The van der Waals surface area contributed by atoms with Crippen molar-refractivity contribution in [3.63, 3.8) is 0 Å². The predicted molar refractivity (Wildman–Crippen MR) is 70.2 cm³/mol. The van der Waals surface area contributed by atoms with Gasteiger partial charge in [0.1, 0.15) is 0 Å². The Morgan fingerprint density at radius 1 is 1.17 bits per heavy atom. The van der Waals surface area contributed by atoms with E-state index in [0.29, 0.717) is 17.6 Å². The normalized spacial score (nSPS) is 27.5. The predicted octanol–water partition coefficient (Wildman–Crippen LogP) is 1.67. The minimum absolute atomic E-state index is 0.357. The van der Waals surface area contributed by atoms with Gasteiger partial charge >= 0.3 is 5.97 Å². The molecule has 96 valence electrons. The summed E-state index contributed by atoms with van der Waals surface area (Å²) < 4.78 is 0. The van der Waals surface area contributed by atoms with E-state index in [4.69, 9.17) is 5.11 Å². The van der Waals surface area contributed by atoms with Crippen LogP contribution in [0, 0.1) is 0 Å². The lowest BCUT2D eigenvalue weighted by atomic mass is 10.1. The monoisotopic (exact) mass is 246 g/mol. The molecule has 0 radical (unpaired) electrons. The Kier molecular flexibility index (Phi) is 2.74. The van der Waals surface area contributed by atoms with E-state index in [1.165, 1.54) is 12.8 Å². The topological polar surface area (TPSA) is 43.8 Å². The Bertz CT molecular complexity index is 443. The highest BCUT2D eigenvalue weighted by Gasteiger charge is 2.37. The number of benzene rings is 1. The first kappa shape index (κ1) is 11.5. The molecule has 2 bridgehead atoms. The molecule has 2 heterocycles. The molecule has 0 saturated carbocycles. The van der Waals surface area contributed by atoms with Crippen molar-refractivity contribution in [1.29, 1.82) is 0 Å². The number of hydrogen-bond acceptors (Lipinski definition) is 3. The third-order valence-corrected chi connectivity index (χ3v) is 4.33. The van der Waals surface area contributed by atoms with Crippen LogP contribution in [0.4, 0.5) is 5.69 Å². The second-order valence-electron chi connectivity index (χ2n) is 5.31. The molecule has 2 aliphatic heterocycles. The first-order valence-electron chi connectivity index (χ1n) is 6.45. The van der Waals surface area contributed by atoms with Crippen LogP contribution in [0.5, 0.6) is 0 Å². The number of aromatic carboxylic acids is 1. The summed E-state index contributed by atoms with van der Waals surface area (Å²) in [5, 5.41) is 8.89. The number of carboxylic acids is 1. The first-order chi connectivity index (χ1) is 8.65. The molecule has 18 heavy (non-hydrogen) atoms. The largest absolute Gasteiger partial charge is 0.478 e. The van der Waals surface area contributed by atoms with E-state index in [1.807, 2.05) is 12.1 Å². The highest BCUT2D eigenvalue weighted by molar-refractivity contribution is 5.88. The number of rotatable bonds is 2. The highest BCUT2D eigenvalue weighted by atomic mass is 16.4. The van der Waals surface area contributed by atoms with E-state index >= 15 is 0 Å². The fourth-order valence-corrected chi connectivity index (χ4v) is 3.14. The second-order valence-corrected chi connectivity index (χ2v) is 5.31. The van der Waals surface area contributed by atoms with Crippen molar-refractivity contribution >= 4 is 11.7 Å². The molecule has 2 atom stereocenters. The lowest BCUT2D eigenvalue weighted by Gasteiger charge is -2.40. The standard InChI is InChI=1S/C14H18N2O2/c1-15-12-6-7-13(15)9-16(8-12)11-4-2-10(3-5-11)14(17)18/h2-5,12-13H,6-9H2,1H3,(H,17,18). The van der Waals surface area contributed by atoms with Gasteiger partial charge in [-0.05, 0) is 44.2 Å². The molecular weight excluding hydrogens is 228 g/mol. The van der Waals surface area contributed by atoms with E-state index < -0.39 is 5.97 Å². The van der Waals surface area contributed by atoms with Crippen LogP contribution >= 0.6 is 0 Å². The number of fused-ring (bicyclic) bond motifs is 2. The van der Waals surface area contributed by atoms with Crippen LogP contribution in [0.25, 0.3) is 0 Å². The molecule has 1 aromatic rings. The van der Waals surface area contributed by atoms with Gasteiger partial charge in [-0.1, -0.05) is 0 Å². The van der Waals surface area contributed by atoms with Gasteiger partial charge in [-0.2, -0.15) is 0 Å². The summed E-state index contributed by atoms with van der Waals surface area (Å²) in [7, 11) is 2.22. The Balaban J connectivity index is 1.78. The van der Waals surface area contributed by atoms with Crippen molar-refractivity contribution in [1.82, 2.24) is 4.90 Å². The smallest absolute Gasteiger partial charge is 0.335 e. The second kappa shape index (κ2) is 4.28.